The molecular weight excluding hydrogens is 342 g/mol. The highest BCUT2D eigenvalue weighted by Crippen LogP contribution is 2.15. The molecule has 0 aromatic rings. The third kappa shape index (κ3) is 19.0. The first-order chi connectivity index (χ1) is 13.7. The van der Waals surface area contributed by atoms with Crippen molar-refractivity contribution in [2.45, 2.75) is 122 Å². The molecule has 0 aromatic carbocycles. The molecule has 1 N–H and O–H groups in total. The molecule has 0 bridgehead atoms. The van der Waals surface area contributed by atoms with E-state index in [0.29, 0.717) is 6.61 Å². The number of rotatable bonds is 23. The van der Waals surface area contributed by atoms with E-state index < -0.39 is 0 Å². The topological polar surface area (TPSA) is 20.2 Å². The van der Waals surface area contributed by atoms with E-state index in [-0.39, 0.29) is 0 Å². The third-order valence-electron chi connectivity index (χ3n) is 6.23. The number of hydrogen-bond donors (Lipinski definition) is 1. The highest BCUT2D eigenvalue weighted by Gasteiger charge is 2.18. The van der Waals surface area contributed by atoms with Gasteiger partial charge in [0, 0.05) is 6.61 Å². The molecule has 0 amide bonds. The summed E-state index contributed by atoms with van der Waals surface area (Å²) in [6.07, 6.45) is 27.0. The Labute approximate surface area is 178 Å². The van der Waals surface area contributed by atoms with Crippen LogP contribution in [0.1, 0.15) is 122 Å². The second-order valence-electron chi connectivity index (χ2n) is 9.27. The molecule has 0 radical (unpaired) electrons. The molecular formula is C26H54NO+. The van der Waals surface area contributed by atoms with Crippen LogP contribution >= 0.6 is 0 Å². The SMILES string of the molecule is C=CC[N+](C)(CCCCO)CCCCCCCCCCCCCCCCCC. The van der Waals surface area contributed by atoms with E-state index in [1.54, 1.807) is 0 Å². The molecule has 0 fully saturated rings. The summed E-state index contributed by atoms with van der Waals surface area (Å²) >= 11 is 0. The lowest BCUT2D eigenvalue weighted by Crippen LogP contribution is -2.45. The summed E-state index contributed by atoms with van der Waals surface area (Å²) in [5, 5.41) is 8.99. The quantitative estimate of drug-likeness (QED) is 0.107. The predicted octanol–water partition coefficient (Wildman–Crippen LogP) is 7.65. The first-order valence-corrected chi connectivity index (χ1v) is 12.7. The second kappa shape index (κ2) is 21.4. The second-order valence-corrected chi connectivity index (χ2v) is 9.27. The zero-order chi connectivity index (χ0) is 20.8. The van der Waals surface area contributed by atoms with Gasteiger partial charge in [0.25, 0.3) is 0 Å². The van der Waals surface area contributed by atoms with Crippen LogP contribution in [0.5, 0.6) is 0 Å². The molecule has 168 valence electrons. The summed E-state index contributed by atoms with van der Waals surface area (Å²) in [7, 11) is 2.35. The van der Waals surface area contributed by atoms with Crippen LogP contribution in [0.3, 0.4) is 0 Å². The Morgan fingerprint density at radius 1 is 0.607 bits per heavy atom. The van der Waals surface area contributed by atoms with Gasteiger partial charge in [-0.2, -0.15) is 0 Å². The van der Waals surface area contributed by atoms with Crippen LogP contribution in [0, 0.1) is 0 Å². The fraction of sp³-hybridized carbons (Fsp3) is 0.923. The van der Waals surface area contributed by atoms with Crippen LogP contribution < -0.4 is 0 Å². The van der Waals surface area contributed by atoms with Crippen LogP contribution in [0.15, 0.2) is 12.7 Å². The first kappa shape index (κ1) is 27.7. The molecule has 0 saturated carbocycles. The Balaban J connectivity index is 3.38. The number of unbranched alkanes of at least 4 members (excludes halogenated alkanes) is 16. The van der Waals surface area contributed by atoms with E-state index in [1.807, 2.05) is 0 Å². The standard InChI is InChI=1S/C26H54NO/c1-4-6-7-8-9-10-11-12-13-14-15-16-17-18-19-20-24-27(3,23-5-2)25-21-22-26-28/h5,28H,2,4,6-26H2,1,3H3/q+1. The fourth-order valence-corrected chi connectivity index (χ4v) is 4.25. The summed E-state index contributed by atoms with van der Waals surface area (Å²) in [6.45, 7) is 10.0. The van der Waals surface area contributed by atoms with Crippen LogP contribution in [0.4, 0.5) is 0 Å². The average molecular weight is 397 g/mol. The number of nitrogens with zero attached hydrogens (tertiary/aromatic N) is 1. The first-order valence-electron chi connectivity index (χ1n) is 12.7. The molecule has 2 nitrogen and oxygen atoms in total. The normalized spacial score (nSPS) is 13.5. The number of likely N-dealkylation sites (N-methyl/N-ethyl adjacent to an activating group) is 1. The molecule has 0 rings (SSSR count). The maximum Gasteiger partial charge on any atom is 0.0969 e. The van der Waals surface area contributed by atoms with E-state index in [4.69, 9.17) is 5.11 Å². The average Bonchev–Trinajstić information content (AvgIpc) is 2.68. The van der Waals surface area contributed by atoms with Gasteiger partial charge >= 0.3 is 0 Å². The molecule has 1 atom stereocenters. The smallest absolute Gasteiger partial charge is 0.0969 e. The highest BCUT2D eigenvalue weighted by atomic mass is 16.2. The largest absolute Gasteiger partial charge is 0.396 e. The van der Waals surface area contributed by atoms with Crippen LogP contribution in [-0.4, -0.2) is 42.9 Å². The Morgan fingerprint density at radius 2 is 0.964 bits per heavy atom. The molecule has 0 saturated heterocycles. The molecule has 0 aliphatic heterocycles. The van der Waals surface area contributed by atoms with Gasteiger partial charge in [0.05, 0.1) is 26.7 Å². The zero-order valence-corrected chi connectivity index (χ0v) is 19.7. The fourth-order valence-electron chi connectivity index (χ4n) is 4.25. The van der Waals surface area contributed by atoms with Gasteiger partial charge in [0.2, 0.25) is 0 Å². The monoisotopic (exact) mass is 396 g/mol. The van der Waals surface area contributed by atoms with E-state index >= 15 is 0 Å². The van der Waals surface area contributed by atoms with Gasteiger partial charge in [0.15, 0.2) is 0 Å². The minimum absolute atomic E-state index is 0.327. The Bertz CT molecular complexity index is 318. The van der Waals surface area contributed by atoms with Gasteiger partial charge < -0.3 is 9.59 Å². The number of hydrogen-bond acceptors (Lipinski definition) is 1. The summed E-state index contributed by atoms with van der Waals surface area (Å²) < 4.78 is 1.10. The summed E-state index contributed by atoms with van der Waals surface area (Å²) in [6, 6.07) is 0. The Morgan fingerprint density at radius 3 is 1.32 bits per heavy atom. The lowest BCUT2D eigenvalue weighted by molar-refractivity contribution is -0.904. The van der Waals surface area contributed by atoms with Gasteiger partial charge in [-0.1, -0.05) is 103 Å². The molecule has 1 unspecified atom stereocenters. The molecule has 0 aliphatic rings. The van der Waals surface area contributed by atoms with Crippen molar-refractivity contribution in [1.82, 2.24) is 0 Å². The van der Waals surface area contributed by atoms with Crippen molar-refractivity contribution in [3.05, 3.63) is 12.7 Å². The van der Waals surface area contributed by atoms with Crippen molar-refractivity contribution in [2.24, 2.45) is 0 Å². The third-order valence-corrected chi connectivity index (χ3v) is 6.23. The van der Waals surface area contributed by atoms with Crippen molar-refractivity contribution in [3.63, 3.8) is 0 Å². The van der Waals surface area contributed by atoms with Crippen molar-refractivity contribution in [3.8, 4) is 0 Å². The number of aliphatic hydroxyl groups excluding tert-OH is 1. The molecule has 28 heavy (non-hydrogen) atoms. The number of aliphatic hydroxyl groups is 1. The van der Waals surface area contributed by atoms with Crippen LogP contribution in [-0.2, 0) is 0 Å². The minimum Gasteiger partial charge on any atom is -0.396 e. The maximum absolute atomic E-state index is 8.99. The maximum atomic E-state index is 8.99. The summed E-state index contributed by atoms with van der Waals surface area (Å²) in [5.74, 6) is 0. The Hall–Kier alpha value is -0.340. The van der Waals surface area contributed by atoms with Gasteiger partial charge in [-0.3, -0.25) is 0 Å². The van der Waals surface area contributed by atoms with Gasteiger partial charge in [-0.25, -0.2) is 0 Å². The summed E-state index contributed by atoms with van der Waals surface area (Å²) in [4.78, 5) is 0. The van der Waals surface area contributed by atoms with E-state index in [1.165, 1.54) is 116 Å². The molecule has 0 spiro atoms. The van der Waals surface area contributed by atoms with Crippen LogP contribution in [0.25, 0.3) is 0 Å². The van der Waals surface area contributed by atoms with Crippen molar-refractivity contribution in [2.75, 3.05) is 33.3 Å². The predicted molar refractivity (Wildman–Crippen MR) is 127 cm³/mol. The molecule has 0 aromatic heterocycles. The van der Waals surface area contributed by atoms with E-state index in [2.05, 4.69) is 26.6 Å². The van der Waals surface area contributed by atoms with Crippen molar-refractivity contribution >= 4 is 0 Å². The Kier molecular flexibility index (Phi) is 21.1. The highest BCUT2D eigenvalue weighted by molar-refractivity contribution is 4.65. The number of quaternary nitrogens is 1. The molecule has 2 heteroatoms. The van der Waals surface area contributed by atoms with E-state index in [0.717, 1.165) is 23.9 Å². The van der Waals surface area contributed by atoms with Gasteiger partial charge in [-0.05, 0) is 31.8 Å². The van der Waals surface area contributed by atoms with Crippen LogP contribution in [0.2, 0.25) is 0 Å². The lowest BCUT2D eigenvalue weighted by Gasteiger charge is -2.33. The summed E-state index contributed by atoms with van der Waals surface area (Å²) in [5.41, 5.74) is 0. The molecule has 0 heterocycles. The van der Waals surface area contributed by atoms with E-state index in [9.17, 15) is 0 Å². The van der Waals surface area contributed by atoms with Gasteiger partial charge in [-0.15, -0.1) is 0 Å². The van der Waals surface area contributed by atoms with Crippen molar-refractivity contribution < 1.29 is 9.59 Å². The minimum atomic E-state index is 0.327. The lowest BCUT2D eigenvalue weighted by atomic mass is 10.0. The van der Waals surface area contributed by atoms with Gasteiger partial charge in [0.1, 0.15) is 0 Å². The molecule has 0 aliphatic carbocycles. The van der Waals surface area contributed by atoms with Crippen molar-refractivity contribution in [1.29, 1.82) is 0 Å². The zero-order valence-electron chi connectivity index (χ0n) is 19.7.